The number of carbonyl (C=O) groups excluding carboxylic acids is 1. The van der Waals surface area contributed by atoms with Crippen molar-refractivity contribution in [1.29, 1.82) is 0 Å². The van der Waals surface area contributed by atoms with E-state index in [1.807, 2.05) is 24.3 Å². The fourth-order valence-electron chi connectivity index (χ4n) is 3.53. The largest absolute Gasteiger partial charge is 0.376 e. The van der Waals surface area contributed by atoms with Crippen molar-refractivity contribution in [3.63, 3.8) is 0 Å². The van der Waals surface area contributed by atoms with Gasteiger partial charge in [0.05, 0.1) is 19.3 Å². The first-order valence-electron chi connectivity index (χ1n) is 9.62. The summed E-state index contributed by atoms with van der Waals surface area (Å²) in [7, 11) is 0. The van der Waals surface area contributed by atoms with E-state index in [-0.39, 0.29) is 12.0 Å². The van der Waals surface area contributed by atoms with Gasteiger partial charge in [0.15, 0.2) is 0 Å². The standard InChI is InChI=1S/C20H29ClN2O3/c21-18-5-3-16(4-6-18)14-25-15-17-7-9-23(10-8-17)13-20(24)22-12-19-2-1-11-26-19/h3-6,17,19H,1-2,7-15H2,(H,22,24)/t19-/m1/s1. The number of hydrogen-bond acceptors (Lipinski definition) is 4. The fourth-order valence-corrected chi connectivity index (χ4v) is 3.65. The number of piperidine rings is 1. The molecule has 5 nitrogen and oxygen atoms in total. The Balaban J connectivity index is 1.26. The van der Waals surface area contributed by atoms with Crippen LogP contribution in [0.25, 0.3) is 0 Å². The van der Waals surface area contributed by atoms with Gasteiger partial charge in [0.1, 0.15) is 0 Å². The lowest BCUT2D eigenvalue weighted by molar-refractivity contribution is -0.123. The molecule has 2 aliphatic heterocycles. The summed E-state index contributed by atoms with van der Waals surface area (Å²) < 4.78 is 11.4. The monoisotopic (exact) mass is 380 g/mol. The van der Waals surface area contributed by atoms with E-state index in [1.54, 1.807) is 0 Å². The lowest BCUT2D eigenvalue weighted by Crippen LogP contribution is -2.43. The van der Waals surface area contributed by atoms with Crippen molar-refractivity contribution in [2.45, 2.75) is 38.4 Å². The number of amides is 1. The molecule has 0 aromatic heterocycles. The summed E-state index contributed by atoms with van der Waals surface area (Å²) in [5, 5.41) is 3.75. The van der Waals surface area contributed by atoms with Crippen LogP contribution in [0.4, 0.5) is 0 Å². The first-order chi connectivity index (χ1) is 12.7. The number of rotatable bonds is 8. The first-order valence-corrected chi connectivity index (χ1v) is 9.99. The molecule has 1 amide bonds. The first kappa shape index (κ1) is 19.6. The molecule has 1 aromatic carbocycles. The second-order valence-corrected chi connectivity index (χ2v) is 7.74. The van der Waals surface area contributed by atoms with Crippen molar-refractivity contribution < 1.29 is 14.3 Å². The maximum Gasteiger partial charge on any atom is 0.234 e. The minimum Gasteiger partial charge on any atom is -0.376 e. The van der Waals surface area contributed by atoms with E-state index in [0.29, 0.717) is 25.6 Å². The minimum atomic E-state index is 0.109. The van der Waals surface area contributed by atoms with Gasteiger partial charge in [0.2, 0.25) is 5.91 Å². The highest BCUT2D eigenvalue weighted by molar-refractivity contribution is 6.30. The number of nitrogens with zero attached hydrogens (tertiary/aromatic N) is 1. The van der Waals surface area contributed by atoms with Crippen molar-refractivity contribution in [3.05, 3.63) is 34.9 Å². The van der Waals surface area contributed by atoms with Gasteiger partial charge < -0.3 is 14.8 Å². The Bertz CT molecular complexity index is 553. The summed E-state index contributed by atoms with van der Waals surface area (Å²) in [5.74, 6) is 0.687. The molecule has 6 heteroatoms. The number of likely N-dealkylation sites (tertiary alicyclic amines) is 1. The van der Waals surface area contributed by atoms with Crippen molar-refractivity contribution >= 4 is 17.5 Å². The zero-order valence-corrected chi connectivity index (χ0v) is 16.0. The van der Waals surface area contributed by atoms with Crippen LogP contribution in [0.5, 0.6) is 0 Å². The van der Waals surface area contributed by atoms with E-state index >= 15 is 0 Å². The van der Waals surface area contributed by atoms with E-state index < -0.39 is 0 Å². The van der Waals surface area contributed by atoms with Crippen molar-refractivity contribution in [3.8, 4) is 0 Å². The van der Waals surface area contributed by atoms with Gasteiger partial charge in [0, 0.05) is 24.8 Å². The Morgan fingerprint density at radius 3 is 2.69 bits per heavy atom. The molecular weight excluding hydrogens is 352 g/mol. The predicted octanol–water partition coefficient (Wildman–Crippen LogP) is 2.86. The Kier molecular flexibility index (Phi) is 7.74. The third kappa shape index (κ3) is 6.54. The zero-order chi connectivity index (χ0) is 18.2. The maximum atomic E-state index is 12.1. The van der Waals surface area contributed by atoms with Gasteiger partial charge in [-0.05, 0) is 62.4 Å². The van der Waals surface area contributed by atoms with Crippen LogP contribution in [0.15, 0.2) is 24.3 Å². The summed E-state index contributed by atoms with van der Waals surface area (Å²) >= 11 is 5.89. The molecule has 1 aromatic rings. The number of hydrogen-bond donors (Lipinski definition) is 1. The Hall–Kier alpha value is -1.14. The quantitative estimate of drug-likeness (QED) is 0.753. The van der Waals surface area contributed by atoms with Crippen molar-refractivity contribution in [2.75, 3.05) is 39.4 Å². The Morgan fingerprint density at radius 1 is 1.23 bits per heavy atom. The van der Waals surface area contributed by atoms with Crippen LogP contribution in [-0.2, 0) is 20.9 Å². The Morgan fingerprint density at radius 2 is 2.00 bits per heavy atom. The molecule has 2 heterocycles. The molecular formula is C20H29ClN2O3. The lowest BCUT2D eigenvalue weighted by atomic mass is 9.98. The van der Waals surface area contributed by atoms with Crippen LogP contribution in [0.1, 0.15) is 31.2 Å². The molecule has 26 heavy (non-hydrogen) atoms. The van der Waals surface area contributed by atoms with Crippen LogP contribution in [0, 0.1) is 5.92 Å². The van der Waals surface area contributed by atoms with Crippen LogP contribution >= 0.6 is 11.6 Å². The smallest absolute Gasteiger partial charge is 0.234 e. The van der Waals surface area contributed by atoms with E-state index in [1.165, 1.54) is 0 Å². The third-order valence-electron chi connectivity index (χ3n) is 5.16. The molecule has 0 bridgehead atoms. The summed E-state index contributed by atoms with van der Waals surface area (Å²) in [6.07, 6.45) is 4.54. The molecule has 2 saturated heterocycles. The average Bonchev–Trinajstić information content (AvgIpc) is 3.17. The maximum absolute atomic E-state index is 12.1. The molecule has 3 rings (SSSR count). The molecule has 2 aliphatic rings. The summed E-state index contributed by atoms with van der Waals surface area (Å²) in [6, 6.07) is 7.78. The molecule has 1 atom stereocenters. The molecule has 0 saturated carbocycles. The molecule has 144 valence electrons. The number of carbonyl (C=O) groups is 1. The van der Waals surface area contributed by atoms with Crippen molar-refractivity contribution in [2.24, 2.45) is 5.92 Å². The summed E-state index contributed by atoms with van der Waals surface area (Å²) in [5.41, 5.74) is 1.15. The SMILES string of the molecule is O=C(CN1CCC(COCc2ccc(Cl)cc2)CC1)NC[C@H]1CCCO1. The zero-order valence-electron chi connectivity index (χ0n) is 15.3. The van der Waals surface area contributed by atoms with Crippen LogP contribution in [0.2, 0.25) is 5.02 Å². The van der Waals surface area contributed by atoms with E-state index in [9.17, 15) is 4.79 Å². The van der Waals surface area contributed by atoms with E-state index in [2.05, 4.69) is 10.2 Å². The van der Waals surface area contributed by atoms with Gasteiger partial charge in [0.25, 0.3) is 0 Å². The normalized spacial score (nSPS) is 21.8. The average molecular weight is 381 g/mol. The predicted molar refractivity (Wildman–Crippen MR) is 102 cm³/mol. The molecule has 0 spiro atoms. The summed E-state index contributed by atoms with van der Waals surface area (Å²) in [6.45, 7) is 5.29. The van der Waals surface area contributed by atoms with Gasteiger partial charge >= 0.3 is 0 Å². The van der Waals surface area contributed by atoms with Crippen LogP contribution in [0.3, 0.4) is 0 Å². The molecule has 1 N–H and O–H groups in total. The highest BCUT2D eigenvalue weighted by atomic mass is 35.5. The number of halogens is 1. The summed E-state index contributed by atoms with van der Waals surface area (Å²) in [4.78, 5) is 14.3. The van der Waals surface area contributed by atoms with E-state index in [4.69, 9.17) is 21.1 Å². The van der Waals surface area contributed by atoms with Crippen LogP contribution in [-0.4, -0.2) is 56.3 Å². The third-order valence-corrected chi connectivity index (χ3v) is 5.41. The number of nitrogens with one attached hydrogen (secondary N) is 1. The van der Waals surface area contributed by atoms with Gasteiger partial charge in [-0.15, -0.1) is 0 Å². The van der Waals surface area contributed by atoms with Crippen molar-refractivity contribution in [1.82, 2.24) is 10.2 Å². The topological polar surface area (TPSA) is 50.8 Å². The second-order valence-electron chi connectivity index (χ2n) is 7.30. The lowest BCUT2D eigenvalue weighted by Gasteiger charge is -2.31. The molecule has 2 fully saturated rings. The van der Waals surface area contributed by atoms with Gasteiger partial charge in [-0.25, -0.2) is 0 Å². The highest BCUT2D eigenvalue weighted by Crippen LogP contribution is 2.18. The van der Waals surface area contributed by atoms with E-state index in [0.717, 1.165) is 62.6 Å². The van der Waals surface area contributed by atoms with Crippen LogP contribution < -0.4 is 5.32 Å². The Labute approximate surface area is 161 Å². The van der Waals surface area contributed by atoms with Gasteiger partial charge in [-0.2, -0.15) is 0 Å². The second kappa shape index (κ2) is 10.3. The highest BCUT2D eigenvalue weighted by Gasteiger charge is 2.22. The molecule has 0 radical (unpaired) electrons. The van der Waals surface area contributed by atoms with Gasteiger partial charge in [-0.3, -0.25) is 9.69 Å². The molecule has 0 aliphatic carbocycles. The minimum absolute atomic E-state index is 0.109. The van der Waals surface area contributed by atoms with Gasteiger partial charge in [-0.1, -0.05) is 23.7 Å². The number of benzene rings is 1. The number of ether oxygens (including phenoxy) is 2. The molecule has 0 unspecified atom stereocenters. The fraction of sp³-hybridized carbons (Fsp3) is 0.650.